The van der Waals surface area contributed by atoms with Crippen molar-refractivity contribution in [3.8, 4) is 17.2 Å². The quantitative estimate of drug-likeness (QED) is 0.850. The molecule has 4 heteroatoms. The van der Waals surface area contributed by atoms with Crippen LogP contribution < -0.4 is 19.9 Å². The Bertz CT molecular complexity index is 571. The van der Waals surface area contributed by atoms with Crippen LogP contribution in [0.4, 0.5) is 0 Å². The molecule has 21 heavy (non-hydrogen) atoms. The van der Waals surface area contributed by atoms with E-state index in [-0.39, 0.29) is 6.10 Å². The SMILES string of the molecule is CCOc1ccccc1OC(CN)c1ccccc1OC. The van der Waals surface area contributed by atoms with Crippen molar-refractivity contribution in [3.63, 3.8) is 0 Å². The summed E-state index contributed by atoms with van der Waals surface area (Å²) >= 11 is 0. The van der Waals surface area contributed by atoms with E-state index in [2.05, 4.69) is 0 Å². The van der Waals surface area contributed by atoms with Crippen molar-refractivity contribution in [2.45, 2.75) is 13.0 Å². The lowest BCUT2D eigenvalue weighted by molar-refractivity contribution is 0.196. The smallest absolute Gasteiger partial charge is 0.162 e. The number of nitrogens with two attached hydrogens (primary N) is 1. The molecule has 0 aromatic heterocycles. The summed E-state index contributed by atoms with van der Waals surface area (Å²) in [6, 6.07) is 15.3. The van der Waals surface area contributed by atoms with Crippen LogP contribution in [0.1, 0.15) is 18.6 Å². The average Bonchev–Trinajstić information content (AvgIpc) is 2.54. The van der Waals surface area contributed by atoms with Gasteiger partial charge in [0.05, 0.1) is 13.7 Å². The van der Waals surface area contributed by atoms with Crippen LogP contribution in [0.5, 0.6) is 17.2 Å². The van der Waals surface area contributed by atoms with E-state index in [1.165, 1.54) is 0 Å². The van der Waals surface area contributed by atoms with Crippen molar-refractivity contribution in [2.75, 3.05) is 20.3 Å². The third-order valence-corrected chi connectivity index (χ3v) is 3.12. The summed E-state index contributed by atoms with van der Waals surface area (Å²) in [5.41, 5.74) is 6.80. The van der Waals surface area contributed by atoms with Crippen molar-refractivity contribution < 1.29 is 14.2 Å². The minimum absolute atomic E-state index is 0.289. The Morgan fingerprint density at radius 2 is 1.57 bits per heavy atom. The monoisotopic (exact) mass is 287 g/mol. The molecule has 1 unspecified atom stereocenters. The van der Waals surface area contributed by atoms with E-state index in [1.54, 1.807) is 7.11 Å². The number of hydrogen-bond donors (Lipinski definition) is 1. The molecule has 0 radical (unpaired) electrons. The Kier molecular flexibility index (Phi) is 5.46. The molecule has 2 rings (SSSR count). The van der Waals surface area contributed by atoms with E-state index < -0.39 is 0 Å². The molecule has 1 atom stereocenters. The number of ether oxygens (including phenoxy) is 3. The van der Waals surface area contributed by atoms with E-state index in [0.29, 0.717) is 24.7 Å². The molecule has 0 saturated heterocycles. The first-order chi connectivity index (χ1) is 10.3. The largest absolute Gasteiger partial charge is 0.496 e. The van der Waals surface area contributed by atoms with Crippen molar-refractivity contribution in [2.24, 2.45) is 5.73 Å². The zero-order valence-corrected chi connectivity index (χ0v) is 12.4. The number of para-hydroxylation sites is 3. The molecule has 2 N–H and O–H groups in total. The number of benzene rings is 2. The van der Waals surface area contributed by atoms with Gasteiger partial charge < -0.3 is 19.9 Å². The van der Waals surface area contributed by atoms with Crippen molar-refractivity contribution in [1.29, 1.82) is 0 Å². The molecule has 2 aromatic carbocycles. The molecule has 0 spiro atoms. The Balaban J connectivity index is 2.27. The Labute approximate surface area is 125 Å². The highest BCUT2D eigenvalue weighted by molar-refractivity contribution is 5.41. The van der Waals surface area contributed by atoms with Gasteiger partial charge in [-0.05, 0) is 25.1 Å². The van der Waals surface area contributed by atoms with Gasteiger partial charge in [0.25, 0.3) is 0 Å². The fourth-order valence-electron chi connectivity index (χ4n) is 2.15. The Morgan fingerprint density at radius 3 is 2.19 bits per heavy atom. The summed E-state index contributed by atoms with van der Waals surface area (Å²) in [6.07, 6.45) is -0.289. The van der Waals surface area contributed by atoms with E-state index in [4.69, 9.17) is 19.9 Å². The summed E-state index contributed by atoms with van der Waals surface area (Å²) in [4.78, 5) is 0. The lowest BCUT2D eigenvalue weighted by Crippen LogP contribution is -2.19. The van der Waals surface area contributed by atoms with Gasteiger partial charge in [-0.15, -0.1) is 0 Å². The van der Waals surface area contributed by atoms with Crippen LogP contribution in [-0.4, -0.2) is 20.3 Å². The zero-order chi connectivity index (χ0) is 15.1. The van der Waals surface area contributed by atoms with Crippen LogP contribution in [-0.2, 0) is 0 Å². The van der Waals surface area contributed by atoms with Crippen LogP contribution in [0.15, 0.2) is 48.5 Å². The van der Waals surface area contributed by atoms with Gasteiger partial charge in [0.1, 0.15) is 11.9 Å². The molecule has 0 fully saturated rings. The summed E-state index contributed by atoms with van der Waals surface area (Å²) in [5.74, 6) is 2.16. The number of methoxy groups -OCH3 is 1. The minimum Gasteiger partial charge on any atom is -0.496 e. The summed E-state index contributed by atoms with van der Waals surface area (Å²) < 4.78 is 17.0. The molecular formula is C17H21NO3. The minimum atomic E-state index is -0.289. The molecule has 0 aliphatic rings. The first-order valence-electron chi connectivity index (χ1n) is 7.01. The second-order valence-electron chi connectivity index (χ2n) is 4.46. The number of hydrogen-bond acceptors (Lipinski definition) is 4. The topological polar surface area (TPSA) is 53.7 Å². The molecular weight excluding hydrogens is 266 g/mol. The molecule has 0 aliphatic carbocycles. The zero-order valence-electron chi connectivity index (χ0n) is 12.4. The summed E-state index contributed by atoms with van der Waals surface area (Å²) in [6.45, 7) is 2.88. The summed E-state index contributed by atoms with van der Waals surface area (Å²) in [7, 11) is 1.64. The predicted octanol–water partition coefficient (Wildman–Crippen LogP) is 3.17. The highest BCUT2D eigenvalue weighted by atomic mass is 16.5. The Morgan fingerprint density at radius 1 is 0.952 bits per heavy atom. The first-order valence-corrected chi connectivity index (χ1v) is 7.01. The van der Waals surface area contributed by atoms with Gasteiger partial charge in [0.15, 0.2) is 11.5 Å². The van der Waals surface area contributed by atoms with Crippen molar-refractivity contribution in [1.82, 2.24) is 0 Å². The normalized spacial score (nSPS) is 11.8. The van der Waals surface area contributed by atoms with E-state index >= 15 is 0 Å². The van der Waals surface area contributed by atoms with Gasteiger partial charge in [-0.25, -0.2) is 0 Å². The lowest BCUT2D eigenvalue weighted by atomic mass is 10.1. The van der Waals surface area contributed by atoms with Crippen molar-refractivity contribution >= 4 is 0 Å². The third kappa shape index (κ3) is 3.67. The standard InChI is InChI=1S/C17H21NO3/c1-3-20-15-10-6-7-11-16(15)21-17(12-18)13-8-4-5-9-14(13)19-2/h4-11,17H,3,12,18H2,1-2H3. The fraction of sp³-hybridized carbons (Fsp3) is 0.294. The van der Waals surface area contributed by atoms with Gasteiger partial charge in [0, 0.05) is 12.1 Å². The van der Waals surface area contributed by atoms with Crippen LogP contribution in [0.2, 0.25) is 0 Å². The highest BCUT2D eigenvalue weighted by Gasteiger charge is 2.17. The maximum absolute atomic E-state index is 6.05. The molecule has 0 heterocycles. The van der Waals surface area contributed by atoms with Crippen LogP contribution >= 0.6 is 0 Å². The van der Waals surface area contributed by atoms with Crippen LogP contribution in [0, 0.1) is 0 Å². The van der Waals surface area contributed by atoms with Crippen LogP contribution in [0.25, 0.3) is 0 Å². The van der Waals surface area contributed by atoms with Crippen LogP contribution in [0.3, 0.4) is 0 Å². The second kappa shape index (κ2) is 7.55. The molecule has 112 valence electrons. The molecule has 0 saturated carbocycles. The van der Waals surface area contributed by atoms with Gasteiger partial charge >= 0.3 is 0 Å². The average molecular weight is 287 g/mol. The highest BCUT2D eigenvalue weighted by Crippen LogP contribution is 2.33. The Hall–Kier alpha value is -2.20. The number of rotatable bonds is 7. The maximum atomic E-state index is 6.05. The molecule has 0 amide bonds. The fourth-order valence-corrected chi connectivity index (χ4v) is 2.15. The van der Waals surface area contributed by atoms with Gasteiger partial charge in [-0.1, -0.05) is 30.3 Å². The molecule has 0 bridgehead atoms. The van der Waals surface area contributed by atoms with E-state index in [9.17, 15) is 0 Å². The first kappa shape index (κ1) is 15.2. The third-order valence-electron chi connectivity index (χ3n) is 3.12. The molecule has 0 aliphatic heterocycles. The van der Waals surface area contributed by atoms with Gasteiger partial charge in [-0.3, -0.25) is 0 Å². The maximum Gasteiger partial charge on any atom is 0.162 e. The van der Waals surface area contributed by atoms with E-state index in [1.807, 2.05) is 55.5 Å². The van der Waals surface area contributed by atoms with Gasteiger partial charge in [-0.2, -0.15) is 0 Å². The second-order valence-corrected chi connectivity index (χ2v) is 4.46. The predicted molar refractivity (Wildman–Crippen MR) is 83.0 cm³/mol. The molecule has 4 nitrogen and oxygen atoms in total. The van der Waals surface area contributed by atoms with E-state index in [0.717, 1.165) is 11.3 Å². The van der Waals surface area contributed by atoms with Gasteiger partial charge in [0.2, 0.25) is 0 Å². The lowest BCUT2D eigenvalue weighted by Gasteiger charge is -2.21. The van der Waals surface area contributed by atoms with Crippen molar-refractivity contribution in [3.05, 3.63) is 54.1 Å². The summed E-state index contributed by atoms with van der Waals surface area (Å²) in [5, 5.41) is 0. The molecule has 2 aromatic rings.